The molecule has 3 aliphatic heterocycles. The highest BCUT2D eigenvalue weighted by Crippen LogP contribution is 2.65. The van der Waals surface area contributed by atoms with Crippen molar-refractivity contribution in [2.24, 2.45) is 40.4 Å². The number of carbonyl (C=O) groups excluding carboxylic acids is 5. The Balaban J connectivity index is 1.22. The third-order valence-electron chi connectivity index (χ3n) is 13.6. The number of hydrogen-bond acceptors (Lipinski definition) is 8. The molecule has 3 aliphatic carbocycles. The number of ether oxygens (including phenoxy) is 1. The van der Waals surface area contributed by atoms with E-state index in [1.165, 1.54) is 0 Å². The Kier molecular flexibility index (Phi) is 11.8. The number of rotatable bonds is 9. The third kappa shape index (κ3) is 8.31. The van der Waals surface area contributed by atoms with Gasteiger partial charge >= 0.3 is 0 Å². The van der Waals surface area contributed by atoms with Crippen LogP contribution in [0.2, 0.25) is 0 Å². The molecule has 3 saturated carbocycles. The van der Waals surface area contributed by atoms with E-state index < -0.39 is 44.3 Å². The van der Waals surface area contributed by atoms with Crippen molar-refractivity contribution >= 4 is 38.9 Å². The summed E-state index contributed by atoms with van der Waals surface area (Å²) in [7, 11) is -3.46. The standard InChI is InChI=1S/C40H61NO8S/c1-39(2)31-26-41-35(34(31)39)32(43)24-28(36(45)33(44)22-27-16-17-27)14-10-7-5-3-4-6-8-11-15-29(37(41)46)23-30(42)25-40(18-12-9-13-19-40)38-49-20-21-50(38,47)48/h27-29,31,34-35,38H,3-26H2,1-2H3/t28-,29-,31+,34+,35-,38?/m1/s1. The van der Waals surface area contributed by atoms with Gasteiger partial charge < -0.3 is 9.64 Å². The largest absolute Gasteiger partial charge is 0.361 e. The molecule has 10 heteroatoms. The minimum Gasteiger partial charge on any atom is -0.361 e. The highest BCUT2D eigenvalue weighted by Gasteiger charge is 2.69. The maximum atomic E-state index is 14.6. The number of piperidine rings is 1. The minimum absolute atomic E-state index is 0.00512. The van der Waals surface area contributed by atoms with E-state index in [1.807, 2.05) is 0 Å². The Morgan fingerprint density at radius 3 is 2.06 bits per heavy atom. The van der Waals surface area contributed by atoms with Crippen molar-refractivity contribution in [2.45, 2.75) is 160 Å². The van der Waals surface area contributed by atoms with Gasteiger partial charge in [-0.3, -0.25) is 24.0 Å². The second kappa shape index (κ2) is 15.6. The number of amides is 1. The van der Waals surface area contributed by atoms with Crippen molar-refractivity contribution in [1.29, 1.82) is 0 Å². The first kappa shape index (κ1) is 37.8. The summed E-state index contributed by atoms with van der Waals surface area (Å²) >= 11 is 0. The van der Waals surface area contributed by atoms with E-state index in [0.29, 0.717) is 38.1 Å². The van der Waals surface area contributed by atoms with Gasteiger partial charge in [0.1, 0.15) is 5.78 Å². The number of Topliss-reactive ketones (excluding diaryl/α,β-unsaturated/α-hetero) is 4. The van der Waals surface area contributed by atoms with Crippen LogP contribution in [0, 0.1) is 40.4 Å². The van der Waals surface area contributed by atoms with E-state index in [2.05, 4.69) is 13.8 Å². The fourth-order valence-corrected chi connectivity index (χ4v) is 12.3. The highest BCUT2D eigenvalue weighted by atomic mass is 32.2. The molecule has 0 aromatic heterocycles. The molecule has 0 aromatic rings. The fraction of sp³-hybridized carbons (Fsp3) is 0.875. The third-order valence-corrected chi connectivity index (χ3v) is 15.7. The van der Waals surface area contributed by atoms with Crippen molar-refractivity contribution in [3.8, 4) is 0 Å². The molecule has 280 valence electrons. The van der Waals surface area contributed by atoms with Crippen molar-refractivity contribution in [1.82, 2.24) is 4.90 Å². The first-order chi connectivity index (χ1) is 23.8. The lowest BCUT2D eigenvalue weighted by Crippen LogP contribution is -2.49. The molecular weight excluding hydrogens is 655 g/mol. The van der Waals surface area contributed by atoms with Crippen molar-refractivity contribution in [2.75, 3.05) is 18.9 Å². The first-order valence-electron chi connectivity index (χ1n) is 20.1. The minimum atomic E-state index is -3.46. The van der Waals surface area contributed by atoms with Gasteiger partial charge in [-0.1, -0.05) is 84.5 Å². The molecule has 0 aromatic carbocycles. The second-order valence-electron chi connectivity index (χ2n) is 17.7. The molecule has 6 atom stereocenters. The lowest BCUT2D eigenvalue weighted by molar-refractivity contribution is -0.146. The zero-order valence-corrected chi connectivity index (χ0v) is 31.4. The predicted molar refractivity (Wildman–Crippen MR) is 190 cm³/mol. The zero-order valence-electron chi connectivity index (χ0n) is 30.6. The van der Waals surface area contributed by atoms with Crippen molar-refractivity contribution in [3.05, 3.63) is 0 Å². The van der Waals surface area contributed by atoms with Crippen LogP contribution >= 0.6 is 0 Å². The molecule has 6 rings (SSSR count). The van der Waals surface area contributed by atoms with E-state index in [9.17, 15) is 32.4 Å². The molecule has 3 saturated heterocycles. The molecular formula is C40H61NO8S. The maximum absolute atomic E-state index is 14.6. The molecule has 6 fully saturated rings. The topological polar surface area (TPSA) is 132 Å². The Hall–Kier alpha value is -1.94. The number of ketones is 4. The van der Waals surface area contributed by atoms with Gasteiger partial charge in [-0.05, 0) is 61.7 Å². The van der Waals surface area contributed by atoms with E-state index in [0.717, 1.165) is 83.5 Å². The first-order valence-corrected chi connectivity index (χ1v) is 21.8. The van der Waals surface area contributed by atoms with Gasteiger partial charge in [-0.25, -0.2) is 8.42 Å². The van der Waals surface area contributed by atoms with Crippen LogP contribution in [-0.2, 0) is 38.5 Å². The van der Waals surface area contributed by atoms with Crippen LogP contribution in [0.1, 0.15) is 149 Å². The SMILES string of the molecule is CC1(C)[C@@H]2[C@H]3C(=O)C[C@H](C(=O)C(=O)CC4CC4)CCCCCCCCCC[C@H](CC(=O)CC4(C5OCCS5(=O)=O)CCCCC4)C(=O)N3C[C@@H]21. The van der Waals surface area contributed by atoms with Crippen LogP contribution in [0.5, 0.6) is 0 Å². The monoisotopic (exact) mass is 715 g/mol. The number of sulfone groups is 1. The van der Waals surface area contributed by atoms with Crippen LogP contribution < -0.4 is 0 Å². The van der Waals surface area contributed by atoms with Crippen molar-refractivity contribution in [3.63, 3.8) is 0 Å². The van der Waals surface area contributed by atoms with E-state index >= 15 is 0 Å². The lowest BCUT2D eigenvalue weighted by atomic mass is 9.70. The van der Waals surface area contributed by atoms with Crippen LogP contribution in [0.15, 0.2) is 0 Å². The predicted octanol–water partition coefficient (Wildman–Crippen LogP) is 6.58. The average molecular weight is 716 g/mol. The molecule has 0 N–H and O–H groups in total. The number of nitrogens with zero attached hydrogens (tertiary/aromatic N) is 1. The molecule has 0 bridgehead atoms. The Morgan fingerprint density at radius 2 is 1.44 bits per heavy atom. The van der Waals surface area contributed by atoms with Gasteiger partial charge in [0, 0.05) is 49.5 Å². The van der Waals surface area contributed by atoms with Crippen LogP contribution in [0.3, 0.4) is 0 Å². The molecule has 50 heavy (non-hydrogen) atoms. The molecule has 1 unspecified atom stereocenters. The van der Waals surface area contributed by atoms with Crippen molar-refractivity contribution < 1.29 is 37.1 Å². The molecule has 0 radical (unpaired) electrons. The molecule has 6 aliphatic rings. The second-order valence-corrected chi connectivity index (χ2v) is 19.9. The highest BCUT2D eigenvalue weighted by molar-refractivity contribution is 7.92. The van der Waals surface area contributed by atoms with E-state index in [1.54, 1.807) is 4.90 Å². The summed E-state index contributed by atoms with van der Waals surface area (Å²) in [5.74, 6) is -1.84. The molecule has 3 heterocycles. The molecule has 9 nitrogen and oxygen atoms in total. The average Bonchev–Trinajstić information content (AvgIpc) is 3.85. The summed E-state index contributed by atoms with van der Waals surface area (Å²) in [5.41, 5.74) is -1.80. The normalized spacial score (nSPS) is 34.7. The lowest BCUT2D eigenvalue weighted by Gasteiger charge is -2.40. The Labute approximate surface area is 299 Å². The summed E-state index contributed by atoms with van der Waals surface area (Å²) in [6.45, 7) is 4.92. The zero-order chi connectivity index (χ0) is 35.7. The molecule has 1 amide bonds. The van der Waals surface area contributed by atoms with Crippen LogP contribution in [0.25, 0.3) is 0 Å². The number of fused-ring (bicyclic) bond motifs is 3. The van der Waals surface area contributed by atoms with E-state index in [4.69, 9.17) is 4.74 Å². The fourth-order valence-electron chi connectivity index (χ4n) is 10.4. The van der Waals surface area contributed by atoms with Gasteiger partial charge in [0.15, 0.2) is 26.8 Å². The summed E-state index contributed by atoms with van der Waals surface area (Å²) < 4.78 is 31.9. The van der Waals surface area contributed by atoms with Crippen LogP contribution in [0.4, 0.5) is 0 Å². The maximum Gasteiger partial charge on any atom is 0.226 e. The summed E-state index contributed by atoms with van der Waals surface area (Å²) in [4.78, 5) is 71.2. The van der Waals surface area contributed by atoms with E-state index in [-0.39, 0.29) is 78.6 Å². The van der Waals surface area contributed by atoms with Gasteiger partial charge in [0.2, 0.25) is 11.7 Å². The van der Waals surface area contributed by atoms with Crippen LogP contribution in [-0.4, -0.2) is 72.7 Å². The van der Waals surface area contributed by atoms with Gasteiger partial charge in [-0.15, -0.1) is 0 Å². The summed E-state index contributed by atoms with van der Waals surface area (Å²) in [5, 5.41) is 0. The Bertz CT molecular complexity index is 1410. The summed E-state index contributed by atoms with van der Waals surface area (Å²) in [6.07, 6.45) is 15.3. The molecule has 0 spiro atoms. The Morgan fingerprint density at radius 1 is 0.820 bits per heavy atom. The quantitative estimate of drug-likeness (QED) is 0.245. The smallest absolute Gasteiger partial charge is 0.226 e. The number of carbonyl (C=O) groups is 5. The number of hydrogen-bond donors (Lipinski definition) is 0. The van der Waals surface area contributed by atoms with Gasteiger partial charge in [0.25, 0.3) is 0 Å². The van der Waals surface area contributed by atoms with Gasteiger partial charge in [0.05, 0.1) is 18.4 Å². The van der Waals surface area contributed by atoms with Gasteiger partial charge in [-0.2, -0.15) is 0 Å². The summed E-state index contributed by atoms with van der Waals surface area (Å²) in [6, 6.07) is -0.647.